The van der Waals surface area contributed by atoms with E-state index in [0.29, 0.717) is 0 Å². The van der Waals surface area contributed by atoms with Gasteiger partial charge in [-0.15, -0.1) is 0 Å². The van der Waals surface area contributed by atoms with Gasteiger partial charge in [0.15, 0.2) is 0 Å². The van der Waals surface area contributed by atoms with Crippen LogP contribution in [0.5, 0.6) is 0 Å². The third-order valence-electron chi connectivity index (χ3n) is 4.17. The third kappa shape index (κ3) is 2.46. The molecular formula is C19H21NO. The number of hydrogen-bond donors (Lipinski definition) is 1. The molecular weight excluding hydrogens is 258 g/mol. The normalized spacial score (nSPS) is 21.6. The first-order valence-electron chi connectivity index (χ1n) is 7.42. The molecule has 2 heteroatoms. The first-order valence-corrected chi connectivity index (χ1v) is 7.42. The molecule has 0 aromatic heterocycles. The third-order valence-corrected chi connectivity index (χ3v) is 4.17. The first-order chi connectivity index (χ1) is 9.98. The van der Waals surface area contributed by atoms with Crippen molar-refractivity contribution < 1.29 is 4.79 Å². The Labute approximate surface area is 126 Å². The Bertz CT molecular complexity index is 655. The van der Waals surface area contributed by atoms with Gasteiger partial charge in [-0.25, -0.2) is 0 Å². The van der Waals surface area contributed by atoms with Gasteiger partial charge in [0.05, 0.1) is 12.0 Å². The van der Waals surface area contributed by atoms with Gasteiger partial charge in [0, 0.05) is 0 Å². The van der Waals surface area contributed by atoms with Crippen molar-refractivity contribution in [3.63, 3.8) is 0 Å². The zero-order valence-electron chi connectivity index (χ0n) is 12.8. The van der Waals surface area contributed by atoms with E-state index in [1.807, 2.05) is 30.3 Å². The molecule has 0 aliphatic carbocycles. The summed E-state index contributed by atoms with van der Waals surface area (Å²) < 4.78 is 0. The Morgan fingerprint density at radius 2 is 1.43 bits per heavy atom. The standard InChI is InChI=1S/C19H21NO/c1-19(2,3)16-14-11-7-8-12-15(14)17(20-18(16)21)13-9-5-4-6-10-13/h4-12,16-17H,1-3H3,(H,20,21)/t16-,17+/m0/s1. The number of hydrogen-bond acceptors (Lipinski definition) is 1. The van der Waals surface area contributed by atoms with Crippen LogP contribution >= 0.6 is 0 Å². The van der Waals surface area contributed by atoms with E-state index < -0.39 is 0 Å². The molecule has 2 atom stereocenters. The molecule has 21 heavy (non-hydrogen) atoms. The summed E-state index contributed by atoms with van der Waals surface area (Å²) in [5.41, 5.74) is 3.40. The van der Waals surface area contributed by atoms with Gasteiger partial charge in [0.1, 0.15) is 0 Å². The van der Waals surface area contributed by atoms with Crippen molar-refractivity contribution in [2.75, 3.05) is 0 Å². The van der Waals surface area contributed by atoms with Crippen LogP contribution in [-0.2, 0) is 4.79 Å². The van der Waals surface area contributed by atoms with Crippen molar-refractivity contribution in [1.82, 2.24) is 5.32 Å². The molecule has 0 saturated heterocycles. The maximum atomic E-state index is 12.7. The van der Waals surface area contributed by atoms with E-state index in [1.165, 1.54) is 5.56 Å². The van der Waals surface area contributed by atoms with Crippen LogP contribution in [0, 0.1) is 5.41 Å². The van der Waals surface area contributed by atoms with E-state index >= 15 is 0 Å². The molecule has 1 amide bonds. The molecule has 1 heterocycles. The van der Waals surface area contributed by atoms with Gasteiger partial charge >= 0.3 is 0 Å². The first kappa shape index (κ1) is 13.9. The molecule has 0 spiro atoms. The Balaban J connectivity index is 2.14. The van der Waals surface area contributed by atoms with E-state index in [-0.39, 0.29) is 23.3 Å². The Kier molecular flexibility index (Phi) is 3.32. The second kappa shape index (κ2) is 5.03. The Morgan fingerprint density at radius 1 is 0.857 bits per heavy atom. The largest absolute Gasteiger partial charge is 0.345 e. The van der Waals surface area contributed by atoms with Crippen molar-refractivity contribution in [2.24, 2.45) is 5.41 Å². The molecule has 108 valence electrons. The number of nitrogens with one attached hydrogen (secondary N) is 1. The van der Waals surface area contributed by atoms with Gasteiger partial charge in [-0.1, -0.05) is 75.4 Å². The van der Waals surface area contributed by atoms with Gasteiger partial charge in [-0.05, 0) is 22.1 Å². The predicted octanol–water partition coefficient (Wildman–Crippen LogP) is 4.04. The minimum atomic E-state index is -0.103. The van der Waals surface area contributed by atoms with Crippen LogP contribution < -0.4 is 5.32 Å². The molecule has 1 N–H and O–H groups in total. The molecule has 3 rings (SSSR count). The van der Waals surface area contributed by atoms with E-state index in [4.69, 9.17) is 0 Å². The number of benzene rings is 2. The van der Waals surface area contributed by atoms with E-state index in [0.717, 1.165) is 11.1 Å². The monoisotopic (exact) mass is 279 g/mol. The number of fused-ring (bicyclic) bond motifs is 1. The van der Waals surface area contributed by atoms with E-state index in [9.17, 15) is 4.79 Å². The summed E-state index contributed by atoms with van der Waals surface area (Å²) >= 11 is 0. The number of amides is 1. The summed E-state index contributed by atoms with van der Waals surface area (Å²) in [6.07, 6.45) is 0. The summed E-state index contributed by atoms with van der Waals surface area (Å²) in [6.45, 7) is 6.37. The van der Waals surface area contributed by atoms with Gasteiger partial charge in [-0.3, -0.25) is 4.79 Å². The van der Waals surface area contributed by atoms with Crippen molar-refractivity contribution in [3.8, 4) is 0 Å². The van der Waals surface area contributed by atoms with Crippen LogP contribution in [0.15, 0.2) is 54.6 Å². The quantitative estimate of drug-likeness (QED) is 0.838. The van der Waals surface area contributed by atoms with Crippen LogP contribution in [0.1, 0.15) is 49.4 Å². The summed E-state index contributed by atoms with van der Waals surface area (Å²) in [4.78, 5) is 12.7. The zero-order chi connectivity index (χ0) is 15.0. The minimum absolute atomic E-state index is 0.0477. The number of rotatable bonds is 1. The summed E-state index contributed by atoms with van der Waals surface area (Å²) in [5.74, 6) is 0.0173. The van der Waals surface area contributed by atoms with Crippen molar-refractivity contribution >= 4 is 5.91 Å². The molecule has 0 saturated carbocycles. The van der Waals surface area contributed by atoms with Crippen LogP contribution in [0.3, 0.4) is 0 Å². The molecule has 2 nitrogen and oxygen atoms in total. The smallest absolute Gasteiger partial charge is 0.228 e. The summed E-state index contributed by atoms with van der Waals surface area (Å²) in [7, 11) is 0. The maximum Gasteiger partial charge on any atom is 0.228 e. The molecule has 0 bridgehead atoms. The van der Waals surface area contributed by atoms with Gasteiger partial charge in [-0.2, -0.15) is 0 Å². The summed E-state index contributed by atoms with van der Waals surface area (Å²) in [6, 6.07) is 18.4. The minimum Gasteiger partial charge on any atom is -0.345 e. The Hall–Kier alpha value is -2.09. The number of carbonyl (C=O) groups excluding carboxylic acids is 1. The fraction of sp³-hybridized carbons (Fsp3) is 0.316. The van der Waals surface area contributed by atoms with Gasteiger partial charge in [0.2, 0.25) is 5.91 Å². The highest BCUT2D eigenvalue weighted by Crippen LogP contribution is 2.43. The molecule has 1 aliphatic heterocycles. The highest BCUT2D eigenvalue weighted by atomic mass is 16.2. The van der Waals surface area contributed by atoms with Crippen molar-refractivity contribution in [1.29, 1.82) is 0 Å². The lowest BCUT2D eigenvalue weighted by molar-refractivity contribution is -0.126. The van der Waals surface area contributed by atoms with E-state index in [1.54, 1.807) is 0 Å². The average Bonchev–Trinajstić information content (AvgIpc) is 2.46. The summed E-state index contributed by atoms with van der Waals surface area (Å²) in [5, 5.41) is 3.21. The van der Waals surface area contributed by atoms with Crippen molar-refractivity contribution in [2.45, 2.75) is 32.7 Å². The number of carbonyl (C=O) groups is 1. The van der Waals surface area contributed by atoms with Crippen molar-refractivity contribution in [3.05, 3.63) is 71.3 Å². The van der Waals surface area contributed by atoms with E-state index in [2.05, 4.69) is 50.4 Å². The molecule has 2 aromatic rings. The second-order valence-electron chi connectivity index (χ2n) is 6.78. The molecule has 0 fully saturated rings. The fourth-order valence-corrected chi connectivity index (χ4v) is 3.25. The molecule has 0 unspecified atom stereocenters. The van der Waals surface area contributed by atoms with Crippen LogP contribution in [-0.4, -0.2) is 5.91 Å². The fourth-order valence-electron chi connectivity index (χ4n) is 3.25. The Morgan fingerprint density at radius 3 is 2.05 bits per heavy atom. The zero-order valence-corrected chi connectivity index (χ0v) is 12.8. The average molecular weight is 279 g/mol. The lowest BCUT2D eigenvalue weighted by atomic mass is 9.71. The molecule has 0 radical (unpaired) electrons. The second-order valence-corrected chi connectivity index (χ2v) is 6.78. The maximum absolute atomic E-state index is 12.7. The highest BCUT2D eigenvalue weighted by Gasteiger charge is 2.40. The molecule has 2 aromatic carbocycles. The van der Waals surface area contributed by atoms with Gasteiger partial charge in [0.25, 0.3) is 0 Å². The molecule has 1 aliphatic rings. The van der Waals surface area contributed by atoms with Crippen LogP contribution in [0.2, 0.25) is 0 Å². The SMILES string of the molecule is CC(C)(C)[C@@H]1C(=O)N[C@H](c2ccccc2)c2ccccc21. The van der Waals surface area contributed by atoms with Gasteiger partial charge < -0.3 is 5.32 Å². The van der Waals surface area contributed by atoms with Crippen LogP contribution in [0.4, 0.5) is 0 Å². The lowest BCUT2D eigenvalue weighted by Crippen LogP contribution is -2.43. The highest BCUT2D eigenvalue weighted by molar-refractivity contribution is 5.87. The topological polar surface area (TPSA) is 29.1 Å². The lowest BCUT2D eigenvalue weighted by Gasteiger charge is -2.38. The predicted molar refractivity (Wildman–Crippen MR) is 85.1 cm³/mol. The van der Waals surface area contributed by atoms with Crippen LogP contribution in [0.25, 0.3) is 0 Å².